The van der Waals surface area contributed by atoms with Crippen molar-refractivity contribution >= 4 is 6.16 Å². The van der Waals surface area contributed by atoms with Crippen LogP contribution in [0.3, 0.4) is 0 Å². The number of carboxylic acid groups (broad SMARTS) is 1. The molecule has 0 fully saturated rings. The largest absolute Gasteiger partial charge is 0.540 e. The average Bonchev–Trinajstić information content (AvgIpc) is 1.61. The first kappa shape index (κ1) is 6.15. The van der Waals surface area contributed by atoms with E-state index in [4.69, 9.17) is 10.4 Å². The maximum absolute atomic E-state index is 9.22. The molecule has 0 saturated heterocycles. The summed E-state index contributed by atoms with van der Waals surface area (Å²) in [6.45, 7) is 0. The first-order valence-electron chi connectivity index (χ1n) is 1.15. The zero-order valence-corrected chi connectivity index (χ0v) is 3.03. The Bertz CT molecular complexity index is 57.2. The Labute approximate surface area is 37.6 Å². The van der Waals surface area contributed by atoms with Crippen molar-refractivity contribution < 1.29 is 30.1 Å². The summed E-state index contributed by atoms with van der Waals surface area (Å²) in [5.74, 6) is 0. The molecular weight excluding hydrogens is 108 g/mol. The Kier molecular flexibility index (Phi) is 2.94. The molecule has 0 aliphatic heterocycles. The van der Waals surface area contributed by atoms with Gasteiger partial charge in [-0.05, 0) is 5.04 Å². The van der Waals surface area contributed by atoms with E-state index in [1.54, 1.807) is 0 Å². The Morgan fingerprint density at radius 2 is 2.14 bits per heavy atom. The highest BCUT2D eigenvalue weighted by Gasteiger charge is 1.94. The van der Waals surface area contributed by atoms with E-state index in [-0.39, 0.29) is 0 Å². The van der Waals surface area contributed by atoms with E-state index < -0.39 is 6.16 Å². The second-order valence-electron chi connectivity index (χ2n) is 0.492. The molecule has 0 rings (SSSR count). The van der Waals surface area contributed by atoms with E-state index in [2.05, 4.69) is 15.0 Å². The molecule has 0 aromatic heterocycles. The van der Waals surface area contributed by atoms with E-state index in [9.17, 15) is 4.79 Å². The highest BCUT2D eigenvalue weighted by Crippen LogP contribution is 1.75. The van der Waals surface area contributed by atoms with Crippen LogP contribution in [0.1, 0.15) is 0 Å². The molecule has 42 valence electrons. The number of carbonyl (C=O) groups is 1. The van der Waals surface area contributed by atoms with Gasteiger partial charge in [-0.2, -0.15) is 0 Å². The third-order valence-corrected chi connectivity index (χ3v) is 0.136. The summed E-state index contributed by atoms with van der Waals surface area (Å²) in [6, 6.07) is 0. The van der Waals surface area contributed by atoms with Crippen LogP contribution in [0.15, 0.2) is 0 Å². The second kappa shape index (κ2) is 3.34. The summed E-state index contributed by atoms with van der Waals surface area (Å²) in [5, 5.41) is 20.5. The molecule has 0 bridgehead atoms. The van der Waals surface area contributed by atoms with Crippen molar-refractivity contribution in [3.63, 3.8) is 0 Å². The Morgan fingerprint density at radius 1 is 1.57 bits per heavy atom. The molecule has 0 saturated carbocycles. The smallest absolute Gasteiger partial charge is 0.448 e. The normalized spacial score (nSPS) is 8.14. The lowest BCUT2D eigenvalue weighted by Gasteiger charge is -1.87. The minimum Gasteiger partial charge on any atom is -0.448 e. The topological polar surface area (TPSA) is 85.2 Å². The summed E-state index contributed by atoms with van der Waals surface area (Å²) in [6.07, 6.45) is -1.70. The zero-order chi connectivity index (χ0) is 5.70. The molecule has 6 nitrogen and oxygen atoms in total. The minimum atomic E-state index is -1.70. The van der Waals surface area contributed by atoms with E-state index in [1.165, 1.54) is 0 Å². The van der Waals surface area contributed by atoms with Gasteiger partial charge in [-0.15, -0.1) is 0 Å². The zero-order valence-electron chi connectivity index (χ0n) is 3.03. The molecule has 0 aliphatic rings. The molecule has 0 heterocycles. The molecule has 0 radical (unpaired) electrons. The molecular formula is CH2O6. The third kappa shape index (κ3) is 5.15. The van der Waals surface area contributed by atoms with Crippen LogP contribution in [0.2, 0.25) is 0 Å². The highest BCUT2D eigenvalue weighted by molar-refractivity contribution is 5.55. The average molecular weight is 110 g/mol. The molecule has 0 aliphatic carbocycles. The number of rotatable bonds is 2. The number of hydrogen-bond acceptors (Lipinski definition) is 5. The van der Waals surface area contributed by atoms with Gasteiger partial charge in [0.1, 0.15) is 0 Å². The van der Waals surface area contributed by atoms with E-state index in [1.807, 2.05) is 0 Å². The fraction of sp³-hybridized carbons (Fsp3) is 0. The van der Waals surface area contributed by atoms with E-state index in [0.717, 1.165) is 0 Å². The van der Waals surface area contributed by atoms with E-state index >= 15 is 0 Å². The summed E-state index contributed by atoms with van der Waals surface area (Å²) in [7, 11) is 0. The van der Waals surface area contributed by atoms with Crippen LogP contribution in [-0.4, -0.2) is 16.5 Å². The molecule has 7 heavy (non-hydrogen) atoms. The third-order valence-electron chi connectivity index (χ3n) is 0.136. The predicted molar refractivity (Wildman–Crippen MR) is 13.9 cm³/mol. The van der Waals surface area contributed by atoms with Gasteiger partial charge in [-0.3, -0.25) is 0 Å². The quantitative estimate of drug-likeness (QED) is 0.385. The SMILES string of the molecule is O=C(O)OOOO. The van der Waals surface area contributed by atoms with Crippen LogP contribution in [0.5, 0.6) is 0 Å². The summed E-state index contributed by atoms with van der Waals surface area (Å²) < 4.78 is 0. The van der Waals surface area contributed by atoms with Crippen LogP contribution < -0.4 is 0 Å². The molecule has 0 spiro atoms. The summed E-state index contributed by atoms with van der Waals surface area (Å²) in [4.78, 5) is 12.4. The first-order valence-corrected chi connectivity index (χ1v) is 1.15. The monoisotopic (exact) mass is 110 g/mol. The maximum atomic E-state index is 9.22. The van der Waals surface area contributed by atoms with Crippen LogP contribution in [-0.2, 0) is 15.0 Å². The van der Waals surface area contributed by atoms with Crippen LogP contribution in [0, 0.1) is 0 Å². The molecule has 0 amide bonds. The van der Waals surface area contributed by atoms with Gasteiger partial charge in [0.05, 0.1) is 0 Å². The van der Waals surface area contributed by atoms with Gasteiger partial charge >= 0.3 is 6.16 Å². The summed E-state index contributed by atoms with van der Waals surface area (Å²) in [5.41, 5.74) is 0. The standard InChI is InChI=1S/CH2O6/c2-1(3)5-7-6-4/h4H,(H,2,3). The Morgan fingerprint density at radius 3 is 2.29 bits per heavy atom. The van der Waals surface area contributed by atoms with Crippen LogP contribution >= 0.6 is 0 Å². The molecule has 0 aromatic carbocycles. The molecule has 6 heteroatoms. The van der Waals surface area contributed by atoms with Crippen molar-refractivity contribution in [1.82, 2.24) is 0 Å². The molecule has 0 unspecified atom stereocenters. The first-order chi connectivity index (χ1) is 3.27. The summed E-state index contributed by atoms with van der Waals surface area (Å²) >= 11 is 0. The van der Waals surface area contributed by atoms with Gasteiger partial charge in [0.2, 0.25) is 0 Å². The fourth-order valence-corrected chi connectivity index (χ4v) is 0.0443. The van der Waals surface area contributed by atoms with Crippen LogP contribution in [0.4, 0.5) is 4.79 Å². The van der Waals surface area contributed by atoms with Gasteiger partial charge in [0.15, 0.2) is 0 Å². The van der Waals surface area contributed by atoms with Crippen molar-refractivity contribution in [2.45, 2.75) is 0 Å². The molecule has 2 N–H and O–H groups in total. The van der Waals surface area contributed by atoms with E-state index in [0.29, 0.717) is 0 Å². The van der Waals surface area contributed by atoms with Gasteiger partial charge in [-0.25, -0.2) is 14.9 Å². The second-order valence-corrected chi connectivity index (χ2v) is 0.492. The molecule has 0 aromatic rings. The minimum absolute atomic E-state index is 1.70. The maximum Gasteiger partial charge on any atom is 0.540 e. The number of hydrogen-bond donors (Lipinski definition) is 2. The van der Waals surface area contributed by atoms with Gasteiger partial charge in [0.25, 0.3) is 0 Å². The molecule has 0 atom stereocenters. The van der Waals surface area contributed by atoms with Crippen LogP contribution in [0.25, 0.3) is 0 Å². The Balaban J connectivity index is 2.82. The van der Waals surface area contributed by atoms with Gasteiger partial charge in [0, 0.05) is 5.04 Å². The van der Waals surface area contributed by atoms with Crippen molar-refractivity contribution in [2.24, 2.45) is 0 Å². The van der Waals surface area contributed by atoms with Crippen molar-refractivity contribution in [3.8, 4) is 0 Å². The predicted octanol–water partition coefficient (Wildman–Crippen LogP) is 0.0172. The van der Waals surface area contributed by atoms with Gasteiger partial charge < -0.3 is 5.11 Å². The fourth-order valence-electron chi connectivity index (χ4n) is 0.0443. The van der Waals surface area contributed by atoms with Gasteiger partial charge in [-0.1, -0.05) is 0 Å². The lowest BCUT2D eigenvalue weighted by atomic mass is 11.4. The highest BCUT2D eigenvalue weighted by atomic mass is 17.7. The lowest BCUT2D eigenvalue weighted by Crippen LogP contribution is -1.99. The lowest BCUT2D eigenvalue weighted by molar-refractivity contribution is -0.605. The van der Waals surface area contributed by atoms with Crippen molar-refractivity contribution in [2.75, 3.05) is 0 Å². The Hall–Kier alpha value is -0.850. The van der Waals surface area contributed by atoms with Crippen molar-refractivity contribution in [3.05, 3.63) is 0 Å². The van der Waals surface area contributed by atoms with Crippen molar-refractivity contribution in [1.29, 1.82) is 0 Å².